The zero-order chi connectivity index (χ0) is 26.4. The molecule has 0 bridgehead atoms. The molecule has 1 aliphatic heterocycles. The lowest BCUT2D eigenvalue weighted by atomic mass is 10.1. The van der Waals surface area contributed by atoms with Crippen molar-refractivity contribution in [3.8, 4) is 5.75 Å². The highest BCUT2D eigenvalue weighted by atomic mass is 127. The molecule has 37 heavy (non-hydrogen) atoms. The highest BCUT2D eigenvalue weighted by molar-refractivity contribution is 14.1. The number of hydrogen-bond donors (Lipinski definition) is 1. The molecule has 6 nitrogen and oxygen atoms in total. The van der Waals surface area contributed by atoms with Gasteiger partial charge in [0.1, 0.15) is 28.7 Å². The van der Waals surface area contributed by atoms with Crippen LogP contribution in [0.2, 0.25) is 0 Å². The first kappa shape index (κ1) is 26.7. The second-order valence-corrected chi connectivity index (χ2v) is 10.4. The number of halogens is 1. The first-order chi connectivity index (χ1) is 17.8. The number of aliphatic hydroxyl groups is 1. The molecule has 4 rings (SSSR count). The average molecular weight is 625 g/mol. The van der Waals surface area contributed by atoms with Gasteiger partial charge < -0.3 is 14.6 Å². The van der Waals surface area contributed by atoms with E-state index in [1.165, 1.54) is 3.57 Å². The van der Waals surface area contributed by atoms with Crippen molar-refractivity contribution in [2.24, 2.45) is 4.99 Å². The molecule has 8 heteroatoms. The van der Waals surface area contributed by atoms with Crippen molar-refractivity contribution in [1.82, 2.24) is 0 Å². The number of amides is 1. The number of carbonyl (C=O) groups excluding carboxylic acids is 2. The number of esters is 1. The Morgan fingerprint density at radius 1 is 1.00 bits per heavy atom. The van der Waals surface area contributed by atoms with E-state index < -0.39 is 11.9 Å². The molecule has 0 atom stereocenters. The molecule has 0 saturated heterocycles. The Bertz CT molecular complexity index is 1390. The van der Waals surface area contributed by atoms with Gasteiger partial charge in [-0.05, 0) is 90.0 Å². The molecule has 1 N–H and O–H groups in total. The van der Waals surface area contributed by atoms with Crippen LogP contribution in [0.4, 0.5) is 0 Å². The van der Waals surface area contributed by atoms with Crippen molar-refractivity contribution < 1.29 is 24.2 Å². The van der Waals surface area contributed by atoms with Crippen LogP contribution in [0.5, 0.6) is 5.75 Å². The van der Waals surface area contributed by atoms with Crippen LogP contribution >= 0.6 is 34.4 Å². The summed E-state index contributed by atoms with van der Waals surface area (Å²) in [4.78, 5) is 29.9. The fourth-order valence-corrected chi connectivity index (χ4v) is 4.78. The molecule has 188 valence electrons. The number of aliphatic hydroxyl groups excluding tert-OH is 1. The van der Waals surface area contributed by atoms with Crippen molar-refractivity contribution in [3.63, 3.8) is 0 Å². The van der Waals surface area contributed by atoms with E-state index in [0.717, 1.165) is 28.5 Å². The van der Waals surface area contributed by atoms with Crippen LogP contribution in [0, 0.1) is 10.5 Å². The van der Waals surface area contributed by atoms with E-state index in [0.29, 0.717) is 22.8 Å². The summed E-state index contributed by atoms with van der Waals surface area (Å²) in [6.45, 7) is 4.17. The summed E-state index contributed by atoms with van der Waals surface area (Å²) in [6, 6.07) is 22.5. The minimum Gasteiger partial charge on any atom is -0.506 e. The Kier molecular flexibility index (Phi) is 8.83. The predicted molar refractivity (Wildman–Crippen MR) is 155 cm³/mol. The van der Waals surface area contributed by atoms with Crippen molar-refractivity contribution in [2.75, 3.05) is 6.61 Å². The summed E-state index contributed by atoms with van der Waals surface area (Å²) in [5, 5.41) is 11.0. The van der Waals surface area contributed by atoms with Gasteiger partial charge in [-0.1, -0.05) is 53.7 Å². The topological polar surface area (TPSA) is 85.2 Å². The van der Waals surface area contributed by atoms with Crippen LogP contribution in [0.25, 0.3) is 6.08 Å². The number of nitrogens with zero attached hydrogens (tertiary/aromatic N) is 1. The number of aliphatic imine (C=N–C) groups is 1. The molecule has 0 aromatic heterocycles. The summed E-state index contributed by atoms with van der Waals surface area (Å²) in [5.41, 5.74) is 3.14. The zero-order valence-corrected chi connectivity index (χ0v) is 23.2. The Labute approximate surface area is 233 Å². The van der Waals surface area contributed by atoms with Crippen LogP contribution in [-0.4, -0.2) is 28.6 Å². The van der Waals surface area contributed by atoms with Gasteiger partial charge >= 0.3 is 5.97 Å². The molecule has 0 spiro atoms. The number of ether oxygens (including phenoxy) is 2. The molecule has 0 aliphatic carbocycles. The average Bonchev–Trinajstić information content (AvgIpc) is 3.19. The van der Waals surface area contributed by atoms with E-state index in [9.17, 15) is 14.7 Å². The molecule has 1 amide bonds. The van der Waals surface area contributed by atoms with E-state index >= 15 is 0 Å². The van der Waals surface area contributed by atoms with Crippen LogP contribution in [0.3, 0.4) is 0 Å². The molecule has 3 aromatic carbocycles. The van der Waals surface area contributed by atoms with E-state index in [1.54, 1.807) is 25.1 Å². The number of aryl methyl sites for hydroxylation is 1. The van der Waals surface area contributed by atoms with Crippen LogP contribution in [0.15, 0.2) is 94.0 Å². The predicted octanol–water partition coefficient (Wildman–Crippen LogP) is 6.88. The molecular formula is C29H24INO5S. The number of benzene rings is 3. The third-order valence-corrected chi connectivity index (χ3v) is 7.11. The van der Waals surface area contributed by atoms with Crippen LogP contribution in [0.1, 0.15) is 34.0 Å². The Hall–Kier alpha value is -3.37. The van der Waals surface area contributed by atoms with Gasteiger partial charge in [-0.2, -0.15) is 0 Å². The standard InChI is InChI=1S/C29H24INO5S/c1-3-35-29(34)25-26(32)24(37-28(25)31-27(33)21-10-4-18(2)5-11-21)16-19-8-14-23(15-9-19)36-17-20-6-12-22(30)13-7-20/h4-16,32H,3,17H2,1-2H3/b24-16-,31-28?. The van der Waals surface area contributed by atoms with Crippen molar-refractivity contribution in [2.45, 2.75) is 20.5 Å². The molecule has 0 unspecified atom stereocenters. The lowest BCUT2D eigenvalue weighted by molar-refractivity contribution is -0.138. The monoisotopic (exact) mass is 625 g/mol. The molecule has 1 heterocycles. The maximum atomic E-state index is 12.7. The van der Waals surface area contributed by atoms with Gasteiger partial charge in [-0.15, -0.1) is 0 Å². The second kappa shape index (κ2) is 12.2. The van der Waals surface area contributed by atoms with E-state index in [-0.39, 0.29) is 23.0 Å². The van der Waals surface area contributed by atoms with Crippen LogP contribution in [-0.2, 0) is 16.1 Å². The fourth-order valence-electron chi connectivity index (χ4n) is 3.40. The number of hydrogen-bond acceptors (Lipinski definition) is 6. The smallest absolute Gasteiger partial charge is 0.344 e. The highest BCUT2D eigenvalue weighted by Crippen LogP contribution is 2.39. The lowest BCUT2D eigenvalue weighted by Gasteiger charge is -2.07. The molecular weight excluding hydrogens is 601 g/mol. The van der Waals surface area contributed by atoms with Gasteiger partial charge in [0.2, 0.25) is 0 Å². The van der Waals surface area contributed by atoms with E-state index in [1.807, 2.05) is 67.6 Å². The first-order valence-corrected chi connectivity index (χ1v) is 13.4. The third kappa shape index (κ3) is 6.90. The normalized spacial score (nSPS) is 15.3. The Balaban J connectivity index is 1.54. The SMILES string of the molecule is CCOC(=O)C1=C(O)/C(=C/c2ccc(OCc3ccc(I)cc3)cc2)SC1=NC(=O)c1ccc(C)cc1. The molecule has 1 aliphatic rings. The molecule has 3 aromatic rings. The quantitative estimate of drug-likeness (QED) is 0.228. The van der Waals surface area contributed by atoms with Gasteiger partial charge in [-0.25, -0.2) is 9.79 Å². The van der Waals surface area contributed by atoms with E-state index in [2.05, 4.69) is 27.6 Å². The van der Waals surface area contributed by atoms with E-state index in [4.69, 9.17) is 9.47 Å². The number of thioether (sulfide) groups is 1. The van der Waals surface area contributed by atoms with Crippen molar-refractivity contribution in [3.05, 3.63) is 115 Å². The Morgan fingerprint density at radius 3 is 2.32 bits per heavy atom. The number of carbonyl (C=O) groups is 2. The van der Waals surface area contributed by atoms with Gasteiger partial charge in [-0.3, -0.25) is 4.79 Å². The maximum absolute atomic E-state index is 12.7. The van der Waals surface area contributed by atoms with Gasteiger partial charge in [0.05, 0.1) is 11.5 Å². The Morgan fingerprint density at radius 2 is 1.68 bits per heavy atom. The minimum absolute atomic E-state index is 0.102. The fraction of sp³-hybridized carbons (Fsp3) is 0.138. The zero-order valence-electron chi connectivity index (χ0n) is 20.2. The molecule has 0 fully saturated rings. The summed E-state index contributed by atoms with van der Waals surface area (Å²) in [6.07, 6.45) is 1.72. The minimum atomic E-state index is -0.731. The first-order valence-electron chi connectivity index (χ1n) is 11.5. The van der Waals surface area contributed by atoms with Crippen molar-refractivity contribution >= 4 is 57.3 Å². The summed E-state index contributed by atoms with van der Waals surface area (Å²) < 4.78 is 12.1. The largest absolute Gasteiger partial charge is 0.506 e. The second-order valence-electron chi connectivity index (χ2n) is 8.13. The summed E-state index contributed by atoms with van der Waals surface area (Å²) in [7, 11) is 0. The molecule has 0 radical (unpaired) electrons. The third-order valence-electron chi connectivity index (χ3n) is 5.37. The number of rotatable bonds is 7. The lowest BCUT2D eigenvalue weighted by Crippen LogP contribution is -2.14. The van der Waals surface area contributed by atoms with Crippen LogP contribution < -0.4 is 4.74 Å². The summed E-state index contributed by atoms with van der Waals surface area (Å²) in [5.74, 6) is -0.797. The highest BCUT2D eigenvalue weighted by Gasteiger charge is 2.33. The van der Waals surface area contributed by atoms with Crippen molar-refractivity contribution in [1.29, 1.82) is 0 Å². The van der Waals surface area contributed by atoms with Gasteiger partial charge in [0, 0.05) is 9.13 Å². The van der Waals surface area contributed by atoms with Gasteiger partial charge in [0.25, 0.3) is 5.91 Å². The molecule has 0 saturated carbocycles. The van der Waals surface area contributed by atoms with Gasteiger partial charge in [0.15, 0.2) is 0 Å². The maximum Gasteiger partial charge on any atom is 0.344 e. The summed E-state index contributed by atoms with van der Waals surface area (Å²) >= 11 is 3.31.